The highest BCUT2D eigenvalue weighted by molar-refractivity contribution is 9.10. The van der Waals surface area contributed by atoms with Gasteiger partial charge < -0.3 is 10.1 Å². The topological polar surface area (TPSA) is 58.6 Å². The summed E-state index contributed by atoms with van der Waals surface area (Å²) in [5, 5.41) is 3.50. The number of hydrogen-bond acceptors (Lipinski definition) is 4. The third-order valence-electron chi connectivity index (χ3n) is 4.25. The van der Waals surface area contributed by atoms with Gasteiger partial charge in [0.25, 0.3) is 0 Å². The van der Waals surface area contributed by atoms with E-state index in [9.17, 15) is 8.42 Å². The molecule has 0 aromatic heterocycles. The third kappa shape index (κ3) is 2.97. The minimum absolute atomic E-state index is 0.282. The second-order valence-corrected chi connectivity index (χ2v) is 8.38. The lowest BCUT2D eigenvalue weighted by atomic mass is 10.1. The normalized spacial score (nSPS) is 26.6. The van der Waals surface area contributed by atoms with Crippen LogP contribution >= 0.6 is 15.9 Å². The third-order valence-corrected chi connectivity index (χ3v) is 6.76. The van der Waals surface area contributed by atoms with Crippen molar-refractivity contribution in [1.82, 2.24) is 9.62 Å². The summed E-state index contributed by atoms with van der Waals surface area (Å²) in [6.07, 6.45) is 3.09. The Hall–Kier alpha value is -0.630. The first-order valence-corrected chi connectivity index (χ1v) is 9.34. The monoisotopic (exact) mass is 374 g/mol. The van der Waals surface area contributed by atoms with Crippen molar-refractivity contribution < 1.29 is 13.2 Å². The van der Waals surface area contributed by atoms with Gasteiger partial charge in [-0.05, 0) is 47.3 Å². The number of nitrogens with one attached hydrogen (secondary N) is 1. The van der Waals surface area contributed by atoms with Gasteiger partial charge in [-0.2, -0.15) is 4.31 Å². The summed E-state index contributed by atoms with van der Waals surface area (Å²) in [4.78, 5) is 0.292. The molecular weight excluding hydrogens is 356 g/mol. The number of nitrogens with zero attached hydrogens (tertiary/aromatic N) is 1. The van der Waals surface area contributed by atoms with Gasteiger partial charge in [0.05, 0.1) is 16.5 Å². The van der Waals surface area contributed by atoms with Crippen molar-refractivity contribution in [3.63, 3.8) is 0 Å². The predicted molar refractivity (Wildman–Crippen MR) is 84.0 cm³/mol. The van der Waals surface area contributed by atoms with E-state index in [4.69, 9.17) is 4.74 Å². The van der Waals surface area contributed by atoms with Crippen LogP contribution in [-0.4, -0.2) is 45.0 Å². The molecule has 2 heterocycles. The average molecular weight is 375 g/mol. The zero-order chi connectivity index (χ0) is 15.0. The standard InChI is InChI=1S/C14H19BrN2O3S/c1-20-14-8-12(4-5-13(14)15)21(18,19)17-7-6-10-2-3-11(9-17)16-10/h4-5,8,10-11,16H,2-3,6-7,9H2,1H3. The van der Waals surface area contributed by atoms with Gasteiger partial charge in [0.1, 0.15) is 5.75 Å². The quantitative estimate of drug-likeness (QED) is 0.878. The van der Waals surface area contributed by atoms with Crippen LogP contribution in [0.1, 0.15) is 19.3 Å². The minimum atomic E-state index is -3.46. The zero-order valence-corrected chi connectivity index (χ0v) is 14.3. The largest absolute Gasteiger partial charge is 0.496 e. The lowest BCUT2D eigenvalue weighted by Gasteiger charge is -2.24. The van der Waals surface area contributed by atoms with E-state index in [0.29, 0.717) is 29.8 Å². The van der Waals surface area contributed by atoms with E-state index in [0.717, 1.165) is 23.7 Å². The maximum Gasteiger partial charge on any atom is 0.243 e. The molecule has 0 saturated carbocycles. The Balaban J connectivity index is 1.89. The van der Waals surface area contributed by atoms with Crippen LogP contribution in [0.2, 0.25) is 0 Å². The molecule has 116 valence electrons. The molecule has 2 saturated heterocycles. The summed E-state index contributed by atoms with van der Waals surface area (Å²) >= 11 is 3.35. The Morgan fingerprint density at radius 2 is 2.05 bits per heavy atom. The Labute approximate surface area is 133 Å². The van der Waals surface area contributed by atoms with E-state index in [1.54, 1.807) is 22.5 Å². The van der Waals surface area contributed by atoms with Crippen molar-refractivity contribution in [3.05, 3.63) is 22.7 Å². The molecule has 0 radical (unpaired) electrons. The van der Waals surface area contributed by atoms with Crippen LogP contribution in [0.5, 0.6) is 5.75 Å². The van der Waals surface area contributed by atoms with Gasteiger partial charge in [0, 0.05) is 31.2 Å². The molecule has 2 bridgehead atoms. The van der Waals surface area contributed by atoms with Crippen molar-refractivity contribution in [1.29, 1.82) is 0 Å². The van der Waals surface area contributed by atoms with Gasteiger partial charge in [-0.25, -0.2) is 8.42 Å². The smallest absolute Gasteiger partial charge is 0.243 e. The fourth-order valence-electron chi connectivity index (χ4n) is 3.08. The average Bonchev–Trinajstić information content (AvgIpc) is 2.77. The molecule has 7 heteroatoms. The van der Waals surface area contributed by atoms with E-state index < -0.39 is 10.0 Å². The molecule has 2 unspecified atom stereocenters. The van der Waals surface area contributed by atoms with Gasteiger partial charge in [-0.15, -0.1) is 0 Å². The lowest BCUT2D eigenvalue weighted by Crippen LogP contribution is -2.39. The molecule has 1 aromatic rings. The minimum Gasteiger partial charge on any atom is -0.496 e. The van der Waals surface area contributed by atoms with Gasteiger partial charge >= 0.3 is 0 Å². The number of rotatable bonds is 3. The molecule has 5 nitrogen and oxygen atoms in total. The molecule has 0 amide bonds. The van der Waals surface area contributed by atoms with Crippen LogP contribution in [0.3, 0.4) is 0 Å². The highest BCUT2D eigenvalue weighted by Gasteiger charge is 2.35. The Morgan fingerprint density at radius 1 is 1.29 bits per heavy atom. The maximum atomic E-state index is 12.8. The van der Waals surface area contributed by atoms with E-state index in [2.05, 4.69) is 21.2 Å². The van der Waals surface area contributed by atoms with Gasteiger partial charge in [0.15, 0.2) is 0 Å². The van der Waals surface area contributed by atoms with Crippen molar-refractivity contribution in [3.8, 4) is 5.75 Å². The molecule has 1 aromatic carbocycles. The number of fused-ring (bicyclic) bond motifs is 2. The van der Waals surface area contributed by atoms with Crippen LogP contribution in [-0.2, 0) is 10.0 Å². The summed E-state index contributed by atoms with van der Waals surface area (Å²) < 4.78 is 33.2. The Bertz CT molecular complexity index is 635. The predicted octanol–water partition coefficient (Wildman–Crippen LogP) is 1.97. The summed E-state index contributed by atoms with van der Waals surface area (Å²) in [6, 6.07) is 5.67. The van der Waals surface area contributed by atoms with Crippen molar-refractivity contribution in [2.45, 2.75) is 36.2 Å². The van der Waals surface area contributed by atoms with Crippen LogP contribution in [0, 0.1) is 0 Å². The number of sulfonamides is 1. The van der Waals surface area contributed by atoms with Crippen molar-refractivity contribution in [2.75, 3.05) is 20.2 Å². The summed E-state index contributed by atoms with van der Waals surface area (Å²) in [7, 11) is -1.93. The number of benzene rings is 1. The Morgan fingerprint density at radius 3 is 2.81 bits per heavy atom. The fourth-order valence-corrected chi connectivity index (χ4v) is 5.00. The van der Waals surface area contributed by atoms with Crippen molar-refractivity contribution in [2.24, 2.45) is 0 Å². The van der Waals surface area contributed by atoms with Gasteiger partial charge in [-0.1, -0.05) is 0 Å². The number of halogens is 1. The highest BCUT2D eigenvalue weighted by atomic mass is 79.9. The molecule has 1 N–H and O–H groups in total. The molecule has 21 heavy (non-hydrogen) atoms. The molecule has 2 aliphatic rings. The fraction of sp³-hybridized carbons (Fsp3) is 0.571. The molecule has 2 fully saturated rings. The number of methoxy groups -OCH3 is 1. The number of ether oxygens (including phenoxy) is 1. The van der Waals surface area contributed by atoms with E-state index in [-0.39, 0.29) is 6.04 Å². The van der Waals surface area contributed by atoms with Crippen molar-refractivity contribution >= 4 is 26.0 Å². The molecule has 2 atom stereocenters. The first kappa shape index (κ1) is 15.3. The summed E-state index contributed by atoms with van der Waals surface area (Å²) in [5.74, 6) is 0.533. The Kier molecular flexibility index (Phi) is 4.27. The summed E-state index contributed by atoms with van der Waals surface area (Å²) in [6.45, 7) is 1.13. The van der Waals surface area contributed by atoms with Gasteiger partial charge in [0.2, 0.25) is 10.0 Å². The molecule has 0 aliphatic carbocycles. The first-order chi connectivity index (χ1) is 10.0. The molecule has 3 rings (SSSR count). The molecular formula is C14H19BrN2O3S. The summed E-state index contributed by atoms with van der Waals surface area (Å²) in [5.41, 5.74) is 0. The zero-order valence-electron chi connectivity index (χ0n) is 11.9. The lowest BCUT2D eigenvalue weighted by molar-refractivity contribution is 0.382. The second-order valence-electron chi connectivity index (χ2n) is 5.59. The molecule has 0 spiro atoms. The van der Waals surface area contributed by atoms with E-state index >= 15 is 0 Å². The molecule has 2 aliphatic heterocycles. The highest BCUT2D eigenvalue weighted by Crippen LogP contribution is 2.30. The van der Waals surface area contributed by atoms with E-state index in [1.807, 2.05) is 0 Å². The van der Waals surface area contributed by atoms with Crippen LogP contribution in [0.25, 0.3) is 0 Å². The van der Waals surface area contributed by atoms with Crippen LogP contribution < -0.4 is 10.1 Å². The van der Waals surface area contributed by atoms with Crippen LogP contribution in [0.15, 0.2) is 27.6 Å². The van der Waals surface area contributed by atoms with E-state index in [1.165, 1.54) is 7.11 Å². The second kappa shape index (κ2) is 5.87. The first-order valence-electron chi connectivity index (χ1n) is 7.10. The van der Waals surface area contributed by atoms with Crippen LogP contribution in [0.4, 0.5) is 0 Å². The SMILES string of the molecule is COc1cc(S(=O)(=O)N2CCC3CCC(C2)N3)ccc1Br. The maximum absolute atomic E-state index is 12.8. The van der Waals surface area contributed by atoms with Gasteiger partial charge in [-0.3, -0.25) is 0 Å². The number of hydrogen-bond donors (Lipinski definition) is 1.